The molecule has 4 aromatic rings. The number of carbonyl (C=O) groups excluding carboxylic acids is 2. The Kier molecular flexibility index (Phi) is 9.83. The van der Waals surface area contributed by atoms with Crippen molar-refractivity contribution in [1.29, 1.82) is 0 Å². The van der Waals surface area contributed by atoms with Gasteiger partial charge in [-0.05, 0) is 81.2 Å². The fourth-order valence-electron chi connectivity index (χ4n) is 5.33. The first-order chi connectivity index (χ1) is 21.5. The molecule has 1 N–H and O–H groups in total. The van der Waals surface area contributed by atoms with Crippen LogP contribution >= 0.6 is 0 Å². The minimum atomic E-state index is -4.24. The van der Waals surface area contributed by atoms with Crippen LogP contribution in [0.15, 0.2) is 99.1 Å². The molecular weight excluding hydrogens is 605 g/mol. The first-order valence-corrected chi connectivity index (χ1v) is 16.2. The number of hydrogen-bond donors (Lipinski definition) is 1. The maximum Gasteiger partial charge on any atom is 0.393 e. The number of aryl methyl sites for hydroxylation is 1. The smallest absolute Gasteiger partial charge is 0.393 e. The summed E-state index contributed by atoms with van der Waals surface area (Å²) >= 11 is 0. The first-order valence-electron chi connectivity index (χ1n) is 14.6. The first kappa shape index (κ1) is 32.1. The SMILES string of the molecule is Cc1ccoc1C(=O)Nc1cccc(-c2cncc(C(=O)N=[S@](=O)(CCCN3CCCC(C(F)(F)F)C3)c3ccccc3)c2)c1. The summed E-state index contributed by atoms with van der Waals surface area (Å²) in [5.41, 5.74) is 2.60. The molecule has 0 saturated carbocycles. The second kappa shape index (κ2) is 13.8. The fourth-order valence-corrected chi connectivity index (χ4v) is 7.24. The average Bonchev–Trinajstić information content (AvgIpc) is 3.47. The monoisotopic (exact) mass is 638 g/mol. The van der Waals surface area contributed by atoms with Gasteiger partial charge >= 0.3 is 6.18 Å². The van der Waals surface area contributed by atoms with Gasteiger partial charge in [0.05, 0.1) is 27.5 Å². The van der Waals surface area contributed by atoms with E-state index in [0.29, 0.717) is 53.2 Å². The molecule has 12 heteroatoms. The van der Waals surface area contributed by atoms with Gasteiger partial charge in [0.2, 0.25) is 0 Å². The summed E-state index contributed by atoms with van der Waals surface area (Å²) < 4.78 is 63.5. The lowest BCUT2D eigenvalue weighted by Crippen LogP contribution is -2.42. The number of hydrogen-bond acceptors (Lipinski definition) is 6. The Morgan fingerprint density at radius 2 is 1.87 bits per heavy atom. The zero-order chi connectivity index (χ0) is 32.0. The van der Waals surface area contributed by atoms with Crippen molar-refractivity contribution in [1.82, 2.24) is 9.88 Å². The lowest BCUT2D eigenvalue weighted by molar-refractivity contribution is -0.186. The molecule has 0 spiro atoms. The number of nitrogens with zero attached hydrogens (tertiary/aromatic N) is 3. The molecule has 1 fully saturated rings. The number of anilines is 1. The van der Waals surface area contributed by atoms with Crippen LogP contribution in [0.3, 0.4) is 0 Å². The minimum absolute atomic E-state index is 0.0138. The maximum atomic E-state index is 14.2. The quantitative estimate of drug-likeness (QED) is 0.207. The highest BCUT2D eigenvalue weighted by Crippen LogP contribution is 2.33. The highest BCUT2D eigenvalue weighted by molar-refractivity contribution is 7.94. The Balaban J connectivity index is 1.34. The van der Waals surface area contributed by atoms with Crippen molar-refractivity contribution in [2.24, 2.45) is 10.3 Å². The maximum absolute atomic E-state index is 14.2. The lowest BCUT2D eigenvalue weighted by atomic mass is 9.97. The Hall–Kier alpha value is -4.29. The van der Waals surface area contributed by atoms with Crippen LogP contribution in [0, 0.1) is 12.8 Å². The summed E-state index contributed by atoms with van der Waals surface area (Å²) in [6.07, 6.45) is 0.979. The highest BCUT2D eigenvalue weighted by atomic mass is 32.2. The van der Waals surface area contributed by atoms with Gasteiger partial charge < -0.3 is 14.6 Å². The van der Waals surface area contributed by atoms with E-state index in [4.69, 9.17) is 4.42 Å². The number of rotatable bonds is 9. The van der Waals surface area contributed by atoms with Gasteiger partial charge in [-0.15, -0.1) is 0 Å². The molecule has 2 amide bonds. The van der Waals surface area contributed by atoms with E-state index in [-0.39, 0.29) is 30.0 Å². The van der Waals surface area contributed by atoms with Crippen LogP contribution in [0.2, 0.25) is 0 Å². The summed E-state index contributed by atoms with van der Waals surface area (Å²) in [6, 6.07) is 18.7. The second-order valence-corrected chi connectivity index (χ2v) is 13.4. The standard InChI is InChI=1S/C33H33F3N4O4S/c1-23-13-16-44-30(23)32(42)38-28-10-5-8-24(19-28)25-18-26(21-37-20-25)31(41)39-45(43,29-11-3-2-4-12-29)17-7-15-40-14-6-9-27(22-40)33(34,35)36/h2-5,8,10-13,16,18-21,27H,6-7,9,14-15,17,22H2,1H3,(H,38,42)/t27?,45-/m0/s1. The van der Waals surface area contributed by atoms with Crippen LogP contribution in [0.4, 0.5) is 18.9 Å². The fraction of sp³-hybridized carbons (Fsp3) is 0.303. The molecule has 236 valence electrons. The van der Waals surface area contributed by atoms with Gasteiger partial charge in [0.15, 0.2) is 5.76 Å². The number of amides is 2. The number of likely N-dealkylation sites (tertiary alicyclic amines) is 1. The van der Waals surface area contributed by atoms with Crippen LogP contribution in [-0.2, 0) is 9.73 Å². The molecule has 1 unspecified atom stereocenters. The molecule has 0 bridgehead atoms. The second-order valence-electron chi connectivity index (χ2n) is 11.0. The van der Waals surface area contributed by atoms with Gasteiger partial charge in [-0.1, -0.05) is 30.3 Å². The molecule has 1 aliphatic heterocycles. The largest absolute Gasteiger partial charge is 0.459 e. The number of halogens is 3. The van der Waals surface area contributed by atoms with Crippen molar-refractivity contribution in [3.05, 3.63) is 102 Å². The molecule has 2 aromatic carbocycles. The van der Waals surface area contributed by atoms with Crippen molar-refractivity contribution in [3.8, 4) is 11.1 Å². The molecule has 0 aliphatic carbocycles. The number of alkyl halides is 3. The summed E-state index contributed by atoms with van der Waals surface area (Å²) in [6.45, 7) is 2.55. The predicted molar refractivity (Wildman–Crippen MR) is 165 cm³/mol. The number of piperidine rings is 1. The third-order valence-corrected chi connectivity index (χ3v) is 10.0. The average molecular weight is 639 g/mol. The van der Waals surface area contributed by atoms with Crippen LogP contribution in [-0.4, -0.2) is 57.5 Å². The number of carbonyl (C=O) groups is 2. The highest BCUT2D eigenvalue weighted by Gasteiger charge is 2.41. The van der Waals surface area contributed by atoms with Crippen LogP contribution < -0.4 is 5.32 Å². The molecule has 1 aliphatic rings. The van der Waals surface area contributed by atoms with Crippen molar-refractivity contribution in [2.45, 2.75) is 37.3 Å². The van der Waals surface area contributed by atoms with E-state index in [1.807, 2.05) is 0 Å². The van der Waals surface area contributed by atoms with E-state index >= 15 is 0 Å². The zero-order valence-electron chi connectivity index (χ0n) is 24.6. The van der Waals surface area contributed by atoms with Crippen molar-refractivity contribution in [3.63, 3.8) is 0 Å². The molecule has 1 saturated heterocycles. The zero-order valence-corrected chi connectivity index (χ0v) is 25.4. The van der Waals surface area contributed by atoms with E-state index in [1.54, 1.807) is 84.8 Å². The Morgan fingerprint density at radius 3 is 2.60 bits per heavy atom. The van der Waals surface area contributed by atoms with Crippen molar-refractivity contribution >= 4 is 27.2 Å². The minimum Gasteiger partial charge on any atom is -0.459 e. The van der Waals surface area contributed by atoms with E-state index in [0.717, 1.165) is 0 Å². The molecule has 8 nitrogen and oxygen atoms in total. The van der Waals surface area contributed by atoms with Gasteiger partial charge in [0.25, 0.3) is 11.8 Å². The molecule has 2 atom stereocenters. The van der Waals surface area contributed by atoms with Crippen molar-refractivity contribution in [2.75, 3.05) is 30.7 Å². The van der Waals surface area contributed by atoms with Crippen LogP contribution in [0.25, 0.3) is 11.1 Å². The summed E-state index contributed by atoms with van der Waals surface area (Å²) in [4.78, 5) is 32.4. The molecule has 45 heavy (non-hydrogen) atoms. The molecular formula is C33H33F3N4O4S. The molecule has 5 rings (SSSR count). The Labute approximate surface area is 259 Å². The Morgan fingerprint density at radius 1 is 1.07 bits per heavy atom. The van der Waals surface area contributed by atoms with Gasteiger partial charge in [-0.2, -0.15) is 17.5 Å². The van der Waals surface area contributed by atoms with Crippen molar-refractivity contribution < 1.29 is 31.4 Å². The van der Waals surface area contributed by atoms with E-state index in [1.165, 1.54) is 12.5 Å². The number of furan rings is 1. The van der Waals surface area contributed by atoms with Gasteiger partial charge in [-0.3, -0.25) is 14.6 Å². The molecule has 3 heterocycles. The van der Waals surface area contributed by atoms with Crippen LogP contribution in [0.1, 0.15) is 45.7 Å². The normalized spacial score (nSPS) is 16.9. The molecule has 0 radical (unpaired) electrons. The number of aromatic nitrogens is 1. The Bertz CT molecular complexity index is 1780. The number of pyridine rings is 1. The topological polar surface area (TPSA) is 105 Å². The van der Waals surface area contributed by atoms with Gasteiger partial charge in [-0.25, -0.2) is 4.21 Å². The number of nitrogens with one attached hydrogen (secondary N) is 1. The van der Waals surface area contributed by atoms with E-state index < -0.39 is 33.6 Å². The predicted octanol–water partition coefficient (Wildman–Crippen LogP) is 7.23. The van der Waals surface area contributed by atoms with Gasteiger partial charge in [0, 0.05) is 46.4 Å². The third-order valence-electron chi connectivity index (χ3n) is 7.71. The lowest BCUT2D eigenvalue weighted by Gasteiger charge is -2.33. The van der Waals surface area contributed by atoms with Crippen LogP contribution in [0.5, 0.6) is 0 Å². The molecule has 2 aromatic heterocycles. The summed E-state index contributed by atoms with van der Waals surface area (Å²) in [5, 5.41) is 2.80. The number of benzene rings is 2. The van der Waals surface area contributed by atoms with E-state index in [9.17, 15) is 27.0 Å². The third kappa shape index (κ3) is 8.06. The summed E-state index contributed by atoms with van der Waals surface area (Å²) in [5.74, 6) is -2.26. The summed E-state index contributed by atoms with van der Waals surface area (Å²) in [7, 11) is -3.24. The van der Waals surface area contributed by atoms with E-state index in [2.05, 4.69) is 14.7 Å². The van der Waals surface area contributed by atoms with Gasteiger partial charge in [0.1, 0.15) is 0 Å².